The minimum Gasteiger partial charge on any atom is -0.454 e. The van der Waals surface area contributed by atoms with Crippen molar-refractivity contribution in [3.8, 4) is 11.5 Å². The van der Waals surface area contributed by atoms with Crippen molar-refractivity contribution in [1.29, 1.82) is 0 Å². The lowest BCUT2D eigenvalue weighted by atomic mass is 10.0. The van der Waals surface area contributed by atoms with Gasteiger partial charge in [0.2, 0.25) is 5.91 Å². The lowest BCUT2D eigenvalue weighted by Gasteiger charge is -2.17. The van der Waals surface area contributed by atoms with Crippen molar-refractivity contribution >= 4 is 34.8 Å². The molecule has 2 heterocycles. The molecule has 2 aromatic rings. The van der Waals surface area contributed by atoms with Crippen LogP contribution < -0.4 is 10.1 Å². The molecule has 20 heavy (non-hydrogen) atoms. The quantitative estimate of drug-likeness (QED) is 0.922. The normalized spacial score (nSPS) is 13.6. The number of amides is 1. The average molecular weight is 310 g/mol. The highest BCUT2D eigenvalue weighted by Gasteiger charge is 2.16. The van der Waals surface area contributed by atoms with Gasteiger partial charge in [-0.3, -0.25) is 4.79 Å². The zero-order valence-electron chi connectivity index (χ0n) is 10.2. The van der Waals surface area contributed by atoms with Crippen molar-refractivity contribution < 1.29 is 9.53 Å². The smallest absolute Gasteiger partial charge is 0.224 e. The summed E-state index contributed by atoms with van der Waals surface area (Å²) in [5.41, 5.74) is 1.83. The molecule has 0 unspecified atom stereocenters. The van der Waals surface area contributed by atoms with E-state index < -0.39 is 0 Å². The van der Waals surface area contributed by atoms with Gasteiger partial charge in [-0.1, -0.05) is 23.2 Å². The van der Waals surface area contributed by atoms with E-state index in [0.29, 0.717) is 24.3 Å². The molecule has 1 amide bonds. The first-order valence-electron chi connectivity index (χ1n) is 5.91. The molecule has 0 saturated carbocycles. The molecule has 1 aliphatic rings. The second-order valence-corrected chi connectivity index (χ2v) is 5.04. The molecule has 7 heteroatoms. The van der Waals surface area contributed by atoms with Crippen LogP contribution in [0, 0.1) is 0 Å². The summed E-state index contributed by atoms with van der Waals surface area (Å²) in [5.74, 6) is 0.969. The summed E-state index contributed by atoms with van der Waals surface area (Å²) in [5, 5.41) is 10.4. The first kappa shape index (κ1) is 13.1. The van der Waals surface area contributed by atoms with Crippen molar-refractivity contribution in [2.75, 3.05) is 5.32 Å². The van der Waals surface area contributed by atoms with Gasteiger partial charge in [0, 0.05) is 18.2 Å². The number of nitrogens with one attached hydrogen (secondary N) is 1. The summed E-state index contributed by atoms with van der Waals surface area (Å²) in [4.78, 5) is 11.3. The number of nitrogens with zero attached hydrogens (tertiary/aromatic N) is 2. The molecule has 0 atom stereocenters. The predicted molar refractivity (Wildman–Crippen MR) is 75.5 cm³/mol. The van der Waals surface area contributed by atoms with Crippen LogP contribution in [0.5, 0.6) is 11.5 Å². The molecule has 0 aliphatic carbocycles. The van der Waals surface area contributed by atoms with E-state index >= 15 is 0 Å². The fourth-order valence-electron chi connectivity index (χ4n) is 1.96. The minimum absolute atomic E-state index is 0.0272. The van der Waals surface area contributed by atoms with Gasteiger partial charge in [0.05, 0.1) is 0 Å². The Hall–Kier alpha value is -1.85. The first-order valence-corrected chi connectivity index (χ1v) is 6.67. The highest BCUT2D eigenvalue weighted by atomic mass is 35.5. The van der Waals surface area contributed by atoms with Gasteiger partial charge in [-0.25, -0.2) is 0 Å². The molecule has 3 rings (SSSR count). The molecule has 102 valence electrons. The summed E-state index contributed by atoms with van der Waals surface area (Å²) in [6.07, 6.45) is 1.15. The largest absolute Gasteiger partial charge is 0.454 e. The van der Waals surface area contributed by atoms with E-state index in [0.717, 1.165) is 11.3 Å². The summed E-state index contributed by atoms with van der Waals surface area (Å²) in [6, 6.07) is 6.90. The van der Waals surface area contributed by atoms with Crippen molar-refractivity contribution in [3.63, 3.8) is 0 Å². The second kappa shape index (κ2) is 5.26. The summed E-state index contributed by atoms with van der Waals surface area (Å²) < 4.78 is 5.65. The van der Waals surface area contributed by atoms with Gasteiger partial charge in [-0.2, -0.15) is 0 Å². The standard InChI is InChI=1S/C13H9Cl2N3O2/c14-11-6-10(13(15)18-17-11)20-8-2-3-9-7(5-8)1-4-12(19)16-9/h2-3,5-6H,1,4H2,(H,16,19). The van der Waals surface area contributed by atoms with Crippen LogP contribution in [0.25, 0.3) is 0 Å². The van der Waals surface area contributed by atoms with E-state index in [9.17, 15) is 4.79 Å². The summed E-state index contributed by atoms with van der Waals surface area (Å²) in [7, 11) is 0. The molecule has 0 fully saturated rings. The van der Waals surface area contributed by atoms with Crippen LogP contribution in [-0.2, 0) is 11.2 Å². The maximum absolute atomic E-state index is 11.3. The van der Waals surface area contributed by atoms with E-state index in [-0.39, 0.29) is 16.2 Å². The van der Waals surface area contributed by atoms with Gasteiger partial charge in [-0.15, -0.1) is 10.2 Å². The molecule has 1 aliphatic heterocycles. The molecular formula is C13H9Cl2N3O2. The number of hydrogen-bond donors (Lipinski definition) is 1. The van der Waals surface area contributed by atoms with E-state index in [1.807, 2.05) is 6.07 Å². The van der Waals surface area contributed by atoms with Crippen molar-refractivity contribution in [2.24, 2.45) is 0 Å². The zero-order valence-corrected chi connectivity index (χ0v) is 11.7. The van der Waals surface area contributed by atoms with Crippen LogP contribution >= 0.6 is 23.2 Å². The van der Waals surface area contributed by atoms with Gasteiger partial charge in [0.15, 0.2) is 16.1 Å². The lowest BCUT2D eigenvalue weighted by Crippen LogP contribution is -2.18. The molecular weight excluding hydrogens is 301 g/mol. The number of fused-ring (bicyclic) bond motifs is 1. The molecule has 0 radical (unpaired) electrons. The van der Waals surface area contributed by atoms with Crippen LogP contribution in [-0.4, -0.2) is 16.1 Å². The summed E-state index contributed by atoms with van der Waals surface area (Å²) >= 11 is 11.6. The number of rotatable bonds is 2. The van der Waals surface area contributed by atoms with Crippen LogP contribution in [0.3, 0.4) is 0 Å². The average Bonchev–Trinajstić information content (AvgIpc) is 2.43. The van der Waals surface area contributed by atoms with Gasteiger partial charge >= 0.3 is 0 Å². The van der Waals surface area contributed by atoms with Crippen LogP contribution in [0.2, 0.25) is 10.3 Å². The molecule has 1 N–H and O–H groups in total. The van der Waals surface area contributed by atoms with Crippen LogP contribution in [0.4, 0.5) is 5.69 Å². The minimum atomic E-state index is 0.0272. The molecule has 1 aromatic heterocycles. The Morgan fingerprint density at radius 3 is 2.85 bits per heavy atom. The predicted octanol–water partition coefficient (Wildman–Crippen LogP) is 3.46. The van der Waals surface area contributed by atoms with E-state index in [2.05, 4.69) is 15.5 Å². The second-order valence-electron chi connectivity index (χ2n) is 4.29. The Morgan fingerprint density at radius 2 is 2.00 bits per heavy atom. The van der Waals surface area contributed by atoms with Gasteiger partial charge in [0.1, 0.15) is 5.75 Å². The van der Waals surface area contributed by atoms with E-state index in [1.54, 1.807) is 12.1 Å². The van der Waals surface area contributed by atoms with Crippen molar-refractivity contribution in [3.05, 3.63) is 40.1 Å². The number of carbonyl (C=O) groups excluding carboxylic acids is 1. The Labute approximate surface area is 124 Å². The third kappa shape index (κ3) is 2.69. The van der Waals surface area contributed by atoms with Crippen LogP contribution in [0.15, 0.2) is 24.3 Å². The number of carbonyl (C=O) groups is 1. The number of benzene rings is 1. The molecule has 1 aromatic carbocycles. The van der Waals surface area contributed by atoms with Crippen molar-refractivity contribution in [1.82, 2.24) is 10.2 Å². The Bertz CT molecular complexity index is 691. The number of ether oxygens (including phenoxy) is 1. The van der Waals surface area contributed by atoms with Gasteiger partial charge in [0.25, 0.3) is 0 Å². The number of halogens is 2. The Kier molecular flexibility index (Phi) is 3.46. The monoisotopic (exact) mass is 309 g/mol. The number of aromatic nitrogens is 2. The summed E-state index contributed by atoms with van der Waals surface area (Å²) in [6.45, 7) is 0. The molecule has 0 saturated heterocycles. The Balaban J connectivity index is 1.88. The van der Waals surface area contributed by atoms with Crippen LogP contribution in [0.1, 0.15) is 12.0 Å². The topological polar surface area (TPSA) is 64.1 Å². The molecule has 0 spiro atoms. The molecule has 0 bridgehead atoms. The van der Waals surface area contributed by atoms with E-state index in [1.165, 1.54) is 6.07 Å². The maximum Gasteiger partial charge on any atom is 0.224 e. The maximum atomic E-state index is 11.3. The zero-order chi connectivity index (χ0) is 14.1. The highest BCUT2D eigenvalue weighted by molar-refractivity contribution is 6.32. The SMILES string of the molecule is O=C1CCc2cc(Oc3cc(Cl)nnc3Cl)ccc2N1. The lowest BCUT2D eigenvalue weighted by molar-refractivity contribution is -0.116. The third-order valence-corrected chi connectivity index (χ3v) is 3.33. The molecule has 5 nitrogen and oxygen atoms in total. The van der Waals surface area contributed by atoms with Crippen molar-refractivity contribution in [2.45, 2.75) is 12.8 Å². The number of aryl methyl sites for hydroxylation is 1. The fourth-order valence-corrected chi connectivity index (χ4v) is 2.23. The van der Waals surface area contributed by atoms with Gasteiger partial charge in [-0.05, 0) is 30.2 Å². The number of anilines is 1. The Morgan fingerprint density at radius 1 is 1.15 bits per heavy atom. The number of hydrogen-bond acceptors (Lipinski definition) is 4. The highest BCUT2D eigenvalue weighted by Crippen LogP contribution is 2.32. The van der Waals surface area contributed by atoms with E-state index in [4.69, 9.17) is 27.9 Å². The first-order chi connectivity index (χ1) is 9.61. The van der Waals surface area contributed by atoms with Gasteiger partial charge < -0.3 is 10.1 Å². The fraction of sp³-hybridized carbons (Fsp3) is 0.154. The third-order valence-electron chi connectivity index (χ3n) is 2.89.